The van der Waals surface area contributed by atoms with E-state index in [2.05, 4.69) is 27.6 Å². The summed E-state index contributed by atoms with van der Waals surface area (Å²) < 4.78 is 0. The number of guanidine groups is 1. The monoisotopic (exact) mass is 315 g/mol. The minimum absolute atomic E-state index is 0.0793. The van der Waals surface area contributed by atoms with E-state index in [1.54, 1.807) is 0 Å². The number of anilines is 1. The molecule has 1 aromatic carbocycles. The topological polar surface area (TPSA) is 77.0 Å². The van der Waals surface area contributed by atoms with Crippen LogP contribution in [0.2, 0.25) is 0 Å². The highest BCUT2D eigenvalue weighted by molar-refractivity contribution is 6.05. The Hall–Kier alpha value is -2.41. The summed E-state index contributed by atoms with van der Waals surface area (Å²) in [4.78, 5) is 33.0. The highest BCUT2D eigenvalue weighted by Crippen LogP contribution is 2.12. The maximum absolute atomic E-state index is 12.4. The van der Waals surface area contributed by atoms with Gasteiger partial charge in [0, 0.05) is 31.9 Å². The highest BCUT2D eigenvalue weighted by Gasteiger charge is 2.30. The van der Waals surface area contributed by atoms with Gasteiger partial charge in [0.1, 0.15) is 6.04 Å². The first kappa shape index (κ1) is 15.5. The fourth-order valence-corrected chi connectivity index (χ4v) is 2.65. The van der Waals surface area contributed by atoms with Gasteiger partial charge in [-0.1, -0.05) is 18.2 Å². The van der Waals surface area contributed by atoms with Crippen LogP contribution in [0.3, 0.4) is 0 Å². The van der Waals surface area contributed by atoms with Crippen LogP contribution in [0, 0.1) is 0 Å². The molecule has 0 saturated carbocycles. The first-order valence-electron chi connectivity index (χ1n) is 7.79. The number of piperazine rings is 1. The van der Waals surface area contributed by atoms with E-state index in [9.17, 15) is 9.59 Å². The normalized spacial score (nSPS) is 22.3. The van der Waals surface area contributed by atoms with Crippen molar-refractivity contribution in [3.63, 3.8) is 0 Å². The molecule has 0 aromatic heterocycles. The number of amides is 2. The summed E-state index contributed by atoms with van der Waals surface area (Å²) in [5.74, 6) is 0.0994. The number of nitrogens with one attached hydrogen (secondary N) is 2. The standard InChI is InChI=1S/C16H21N5O2/c1-20-7-9-21(10-8-20)16-18-13(11-14(22)19-16)15(23)17-12-5-3-2-4-6-12/h2-6,13H,7-11H2,1H3,(H,17,23)(H,18,19,22)/t13-/m0/s1. The van der Waals surface area contributed by atoms with E-state index >= 15 is 0 Å². The number of rotatable bonds is 2. The minimum atomic E-state index is -0.682. The Balaban J connectivity index is 1.69. The molecule has 3 rings (SSSR count). The van der Waals surface area contributed by atoms with Crippen molar-refractivity contribution in [2.45, 2.75) is 12.5 Å². The molecule has 1 aromatic rings. The lowest BCUT2D eigenvalue weighted by atomic mass is 10.1. The van der Waals surface area contributed by atoms with Gasteiger partial charge in [-0.25, -0.2) is 4.99 Å². The molecular weight excluding hydrogens is 294 g/mol. The lowest BCUT2D eigenvalue weighted by Gasteiger charge is -2.36. The second kappa shape index (κ2) is 6.78. The van der Waals surface area contributed by atoms with Crippen LogP contribution >= 0.6 is 0 Å². The average molecular weight is 315 g/mol. The van der Waals surface area contributed by atoms with E-state index in [0.29, 0.717) is 11.6 Å². The molecule has 1 fully saturated rings. The van der Waals surface area contributed by atoms with Gasteiger partial charge in [0.2, 0.25) is 17.8 Å². The fraction of sp³-hybridized carbons (Fsp3) is 0.438. The summed E-state index contributed by atoms with van der Waals surface area (Å²) in [6, 6.07) is 8.52. The summed E-state index contributed by atoms with van der Waals surface area (Å²) >= 11 is 0. The van der Waals surface area contributed by atoms with Crippen LogP contribution in [0.1, 0.15) is 6.42 Å². The van der Waals surface area contributed by atoms with Gasteiger partial charge in [0.05, 0.1) is 6.42 Å². The highest BCUT2D eigenvalue weighted by atomic mass is 16.2. The van der Waals surface area contributed by atoms with Gasteiger partial charge in [-0.05, 0) is 19.2 Å². The minimum Gasteiger partial charge on any atom is -0.340 e. The molecule has 2 aliphatic rings. The summed E-state index contributed by atoms with van der Waals surface area (Å²) in [5, 5.41) is 5.60. The van der Waals surface area contributed by atoms with Gasteiger partial charge in [0.15, 0.2) is 0 Å². The van der Waals surface area contributed by atoms with E-state index in [4.69, 9.17) is 0 Å². The first-order chi connectivity index (χ1) is 11.1. The molecule has 2 N–H and O–H groups in total. The fourth-order valence-electron chi connectivity index (χ4n) is 2.65. The second-order valence-electron chi connectivity index (χ2n) is 5.87. The van der Waals surface area contributed by atoms with E-state index in [1.807, 2.05) is 35.2 Å². The van der Waals surface area contributed by atoms with E-state index in [0.717, 1.165) is 26.2 Å². The van der Waals surface area contributed by atoms with Gasteiger partial charge >= 0.3 is 0 Å². The third-order valence-corrected chi connectivity index (χ3v) is 4.05. The zero-order valence-electron chi connectivity index (χ0n) is 13.2. The number of hydrogen-bond donors (Lipinski definition) is 2. The largest absolute Gasteiger partial charge is 0.340 e. The molecule has 122 valence electrons. The van der Waals surface area contributed by atoms with Gasteiger partial charge < -0.3 is 15.1 Å². The lowest BCUT2D eigenvalue weighted by molar-refractivity contribution is -0.125. The van der Waals surface area contributed by atoms with Gasteiger partial charge in [-0.15, -0.1) is 0 Å². The number of benzene rings is 1. The summed E-state index contributed by atoms with van der Waals surface area (Å²) in [6.45, 7) is 3.41. The number of carbonyl (C=O) groups excluding carboxylic acids is 2. The summed E-state index contributed by atoms with van der Waals surface area (Å²) in [6.07, 6.45) is 0.0793. The van der Waals surface area contributed by atoms with Crippen LogP contribution in [-0.4, -0.2) is 66.8 Å². The number of hydrogen-bond acceptors (Lipinski definition) is 5. The van der Waals surface area contributed by atoms with Crippen LogP contribution in [0.25, 0.3) is 0 Å². The van der Waals surface area contributed by atoms with Crippen LogP contribution < -0.4 is 10.6 Å². The molecule has 0 spiro atoms. The van der Waals surface area contributed by atoms with Crippen LogP contribution in [0.4, 0.5) is 5.69 Å². The maximum Gasteiger partial charge on any atom is 0.249 e. The SMILES string of the molecule is CN1CCN(C2=N[C@H](C(=O)Nc3ccccc3)CC(=O)N2)CC1. The molecule has 2 aliphatic heterocycles. The van der Waals surface area contributed by atoms with Gasteiger partial charge in [-0.2, -0.15) is 0 Å². The molecule has 0 bridgehead atoms. The Morgan fingerprint density at radius 2 is 1.91 bits per heavy atom. The molecular formula is C16H21N5O2. The first-order valence-corrected chi connectivity index (χ1v) is 7.79. The molecule has 7 nitrogen and oxygen atoms in total. The average Bonchev–Trinajstić information content (AvgIpc) is 2.56. The molecule has 1 atom stereocenters. The Bertz CT molecular complexity index is 608. The Kier molecular flexibility index (Phi) is 4.57. The van der Waals surface area contributed by atoms with Crippen molar-refractivity contribution in [2.75, 3.05) is 38.5 Å². The van der Waals surface area contributed by atoms with Crippen molar-refractivity contribution < 1.29 is 9.59 Å². The number of para-hydroxylation sites is 1. The van der Waals surface area contributed by atoms with Gasteiger partial charge in [0.25, 0.3) is 0 Å². The molecule has 0 unspecified atom stereocenters. The van der Waals surface area contributed by atoms with Gasteiger partial charge in [-0.3, -0.25) is 14.9 Å². The van der Waals surface area contributed by atoms with Crippen molar-refractivity contribution in [3.8, 4) is 0 Å². The van der Waals surface area contributed by atoms with E-state index in [1.165, 1.54) is 0 Å². The second-order valence-corrected chi connectivity index (χ2v) is 5.87. The van der Waals surface area contributed by atoms with Crippen molar-refractivity contribution >= 4 is 23.5 Å². The molecule has 0 aliphatic carbocycles. The van der Waals surface area contributed by atoms with E-state index in [-0.39, 0.29) is 18.2 Å². The zero-order chi connectivity index (χ0) is 16.2. The number of carbonyl (C=O) groups is 2. The maximum atomic E-state index is 12.4. The molecule has 2 amide bonds. The quantitative estimate of drug-likeness (QED) is 0.812. The van der Waals surface area contributed by atoms with Crippen molar-refractivity contribution in [2.24, 2.45) is 4.99 Å². The van der Waals surface area contributed by atoms with Crippen LogP contribution in [0.5, 0.6) is 0 Å². The van der Waals surface area contributed by atoms with Crippen LogP contribution in [-0.2, 0) is 9.59 Å². The number of likely N-dealkylation sites (N-methyl/N-ethyl adjacent to an activating group) is 1. The molecule has 23 heavy (non-hydrogen) atoms. The lowest BCUT2D eigenvalue weighted by Crippen LogP contribution is -2.55. The Morgan fingerprint density at radius 3 is 2.61 bits per heavy atom. The van der Waals surface area contributed by atoms with Crippen molar-refractivity contribution in [1.82, 2.24) is 15.1 Å². The molecule has 1 saturated heterocycles. The van der Waals surface area contributed by atoms with Crippen molar-refractivity contribution in [1.29, 1.82) is 0 Å². The van der Waals surface area contributed by atoms with E-state index < -0.39 is 6.04 Å². The predicted octanol–water partition coefficient (Wildman–Crippen LogP) is 0.117. The third-order valence-electron chi connectivity index (χ3n) is 4.05. The Labute approximate surface area is 135 Å². The zero-order valence-corrected chi connectivity index (χ0v) is 13.2. The molecule has 0 radical (unpaired) electrons. The third kappa shape index (κ3) is 3.87. The number of nitrogens with zero attached hydrogens (tertiary/aromatic N) is 3. The smallest absolute Gasteiger partial charge is 0.249 e. The van der Waals surface area contributed by atoms with Crippen molar-refractivity contribution in [3.05, 3.63) is 30.3 Å². The predicted molar refractivity (Wildman–Crippen MR) is 88.1 cm³/mol. The number of aliphatic imine (C=N–C) groups is 1. The van der Waals surface area contributed by atoms with Crippen LogP contribution in [0.15, 0.2) is 35.3 Å². The summed E-state index contributed by atoms with van der Waals surface area (Å²) in [7, 11) is 2.06. The molecule has 7 heteroatoms. The summed E-state index contributed by atoms with van der Waals surface area (Å²) in [5.41, 5.74) is 0.708. The Morgan fingerprint density at radius 1 is 1.22 bits per heavy atom. The molecule has 2 heterocycles.